The molecule has 8 nitrogen and oxygen atoms in total. The number of hydrogen-bond donors (Lipinski definition) is 2. The van der Waals surface area contributed by atoms with E-state index in [2.05, 4.69) is 10.3 Å². The van der Waals surface area contributed by atoms with Crippen LogP contribution in [-0.4, -0.2) is 73.7 Å². The summed E-state index contributed by atoms with van der Waals surface area (Å²) in [6, 6.07) is 3.47. The Kier molecular flexibility index (Phi) is 5.27. The molecule has 0 spiro atoms. The van der Waals surface area contributed by atoms with E-state index in [-0.39, 0.29) is 11.9 Å². The van der Waals surface area contributed by atoms with Crippen LogP contribution in [0.15, 0.2) is 18.3 Å². The van der Waals surface area contributed by atoms with Gasteiger partial charge in [0.1, 0.15) is 5.82 Å². The highest BCUT2D eigenvalue weighted by atomic mass is 16.5. The molecule has 1 aromatic rings. The number of piperazine rings is 1. The lowest BCUT2D eigenvalue weighted by atomic mass is 10.1. The zero-order valence-corrected chi connectivity index (χ0v) is 13.6. The van der Waals surface area contributed by atoms with Crippen LogP contribution in [0, 0.1) is 0 Å². The van der Waals surface area contributed by atoms with Gasteiger partial charge in [0.05, 0.1) is 18.8 Å². The molecule has 3 N–H and O–H groups in total. The number of carbonyl (C=O) groups excluding carboxylic acids is 2. The molecule has 0 aromatic carbocycles. The smallest absolute Gasteiger partial charge is 0.252 e. The van der Waals surface area contributed by atoms with Crippen LogP contribution in [0.4, 0.5) is 5.82 Å². The lowest BCUT2D eigenvalue weighted by molar-refractivity contribution is -0.132. The first kappa shape index (κ1) is 16.7. The Morgan fingerprint density at radius 3 is 2.79 bits per heavy atom. The molecule has 1 unspecified atom stereocenters. The van der Waals surface area contributed by atoms with Crippen molar-refractivity contribution in [3.05, 3.63) is 23.9 Å². The van der Waals surface area contributed by atoms with E-state index in [0.29, 0.717) is 57.2 Å². The lowest BCUT2D eigenvalue weighted by Crippen LogP contribution is -2.51. The molecular formula is C16H23N5O3. The first-order chi connectivity index (χ1) is 11.6. The molecule has 130 valence electrons. The lowest BCUT2D eigenvalue weighted by Gasteiger charge is -2.36. The Balaban J connectivity index is 1.56. The number of nitrogens with two attached hydrogens (primary N) is 1. The number of nitrogens with zero attached hydrogens (tertiary/aromatic N) is 3. The second-order valence-corrected chi connectivity index (χ2v) is 6.04. The van der Waals surface area contributed by atoms with E-state index in [0.717, 1.165) is 6.54 Å². The minimum Gasteiger partial charge on any atom is -0.378 e. The molecule has 8 heteroatoms. The number of ether oxygens (including phenoxy) is 1. The molecule has 2 amide bonds. The fourth-order valence-corrected chi connectivity index (χ4v) is 3.10. The zero-order chi connectivity index (χ0) is 16.9. The maximum absolute atomic E-state index is 12.4. The molecule has 3 heterocycles. The third-order valence-electron chi connectivity index (χ3n) is 4.40. The Morgan fingerprint density at radius 2 is 2.12 bits per heavy atom. The van der Waals surface area contributed by atoms with Crippen LogP contribution in [0.25, 0.3) is 0 Å². The largest absolute Gasteiger partial charge is 0.378 e. The SMILES string of the molecule is NC(=O)c1cccnc1N1CCN(C(=O)CC2COCCN2)CC1. The third-order valence-corrected chi connectivity index (χ3v) is 4.40. The molecular weight excluding hydrogens is 310 g/mol. The molecule has 2 saturated heterocycles. The second-order valence-electron chi connectivity index (χ2n) is 6.04. The van der Waals surface area contributed by atoms with Gasteiger partial charge in [0.25, 0.3) is 5.91 Å². The number of hydrogen-bond acceptors (Lipinski definition) is 6. The van der Waals surface area contributed by atoms with Crippen molar-refractivity contribution in [2.75, 3.05) is 50.8 Å². The van der Waals surface area contributed by atoms with Crippen molar-refractivity contribution >= 4 is 17.6 Å². The third kappa shape index (κ3) is 3.82. The summed E-state index contributed by atoms with van der Waals surface area (Å²) in [5.74, 6) is 0.244. The molecule has 3 rings (SSSR count). The van der Waals surface area contributed by atoms with Crippen LogP contribution in [0.2, 0.25) is 0 Å². The summed E-state index contributed by atoms with van der Waals surface area (Å²) in [5.41, 5.74) is 5.83. The Morgan fingerprint density at radius 1 is 1.33 bits per heavy atom. The van der Waals surface area contributed by atoms with E-state index < -0.39 is 5.91 Å². The summed E-state index contributed by atoms with van der Waals surface area (Å²) >= 11 is 0. The molecule has 2 fully saturated rings. The van der Waals surface area contributed by atoms with Gasteiger partial charge < -0.3 is 25.6 Å². The summed E-state index contributed by atoms with van der Waals surface area (Å²) in [4.78, 5) is 32.1. The molecule has 1 atom stereocenters. The highest BCUT2D eigenvalue weighted by Gasteiger charge is 2.26. The van der Waals surface area contributed by atoms with Gasteiger partial charge in [-0.3, -0.25) is 9.59 Å². The fraction of sp³-hybridized carbons (Fsp3) is 0.562. The molecule has 0 saturated carbocycles. The molecule has 2 aliphatic heterocycles. The zero-order valence-electron chi connectivity index (χ0n) is 13.6. The maximum atomic E-state index is 12.4. The topological polar surface area (TPSA) is 101 Å². The molecule has 0 bridgehead atoms. The van der Waals surface area contributed by atoms with Crippen LogP contribution in [0.5, 0.6) is 0 Å². The van der Waals surface area contributed by atoms with E-state index in [9.17, 15) is 9.59 Å². The number of morpholine rings is 1. The Labute approximate surface area is 140 Å². The number of amides is 2. The summed E-state index contributed by atoms with van der Waals surface area (Å²) in [6.45, 7) is 4.58. The molecule has 0 aliphatic carbocycles. The van der Waals surface area contributed by atoms with Crippen LogP contribution in [0.1, 0.15) is 16.8 Å². The Hall–Kier alpha value is -2.19. The number of primary amides is 1. The van der Waals surface area contributed by atoms with Crippen LogP contribution < -0.4 is 16.0 Å². The van der Waals surface area contributed by atoms with E-state index in [1.165, 1.54) is 0 Å². The highest BCUT2D eigenvalue weighted by molar-refractivity contribution is 5.97. The summed E-state index contributed by atoms with van der Waals surface area (Å²) in [6.07, 6.45) is 2.10. The van der Waals surface area contributed by atoms with Gasteiger partial charge in [-0.25, -0.2) is 4.98 Å². The quantitative estimate of drug-likeness (QED) is 0.749. The van der Waals surface area contributed by atoms with Crippen LogP contribution in [-0.2, 0) is 9.53 Å². The average molecular weight is 333 g/mol. The van der Waals surface area contributed by atoms with Crippen molar-refractivity contribution < 1.29 is 14.3 Å². The van der Waals surface area contributed by atoms with Crippen molar-refractivity contribution in [2.45, 2.75) is 12.5 Å². The molecule has 1 aromatic heterocycles. The van der Waals surface area contributed by atoms with Crippen LogP contribution in [0.3, 0.4) is 0 Å². The summed E-state index contributed by atoms with van der Waals surface area (Å²) in [7, 11) is 0. The molecule has 24 heavy (non-hydrogen) atoms. The monoisotopic (exact) mass is 333 g/mol. The van der Waals surface area contributed by atoms with E-state index >= 15 is 0 Å². The van der Waals surface area contributed by atoms with Gasteiger partial charge >= 0.3 is 0 Å². The Bertz CT molecular complexity index is 595. The average Bonchev–Trinajstić information content (AvgIpc) is 2.62. The number of nitrogens with one attached hydrogen (secondary N) is 1. The van der Waals surface area contributed by atoms with Crippen molar-refractivity contribution in [3.63, 3.8) is 0 Å². The first-order valence-corrected chi connectivity index (χ1v) is 8.24. The number of carbonyl (C=O) groups is 2. The number of anilines is 1. The van der Waals surface area contributed by atoms with Gasteiger partial charge in [0, 0.05) is 51.4 Å². The minimum absolute atomic E-state index is 0.0986. The fourth-order valence-electron chi connectivity index (χ4n) is 3.10. The van der Waals surface area contributed by atoms with Crippen molar-refractivity contribution in [1.82, 2.24) is 15.2 Å². The van der Waals surface area contributed by atoms with Gasteiger partial charge in [-0.1, -0.05) is 0 Å². The normalized spacial score (nSPS) is 21.6. The number of pyridine rings is 1. The maximum Gasteiger partial charge on any atom is 0.252 e. The number of aromatic nitrogens is 1. The molecule has 0 radical (unpaired) electrons. The predicted molar refractivity (Wildman–Crippen MR) is 88.8 cm³/mol. The van der Waals surface area contributed by atoms with Gasteiger partial charge in [-0.05, 0) is 12.1 Å². The van der Waals surface area contributed by atoms with Gasteiger partial charge in [-0.2, -0.15) is 0 Å². The molecule has 2 aliphatic rings. The van der Waals surface area contributed by atoms with Gasteiger partial charge in [-0.15, -0.1) is 0 Å². The van der Waals surface area contributed by atoms with Crippen molar-refractivity contribution in [2.24, 2.45) is 5.73 Å². The standard InChI is InChI=1S/C16H23N5O3/c17-15(23)13-2-1-3-19-16(13)21-7-5-20(6-8-21)14(22)10-12-11-24-9-4-18-12/h1-3,12,18H,4-11H2,(H2,17,23). The highest BCUT2D eigenvalue weighted by Crippen LogP contribution is 2.19. The van der Waals surface area contributed by atoms with Gasteiger partial charge in [0.15, 0.2) is 0 Å². The first-order valence-electron chi connectivity index (χ1n) is 8.24. The van der Waals surface area contributed by atoms with E-state index in [4.69, 9.17) is 10.5 Å². The van der Waals surface area contributed by atoms with E-state index in [1.807, 2.05) is 9.80 Å². The van der Waals surface area contributed by atoms with Crippen molar-refractivity contribution in [1.29, 1.82) is 0 Å². The van der Waals surface area contributed by atoms with Gasteiger partial charge in [0.2, 0.25) is 5.91 Å². The predicted octanol–water partition coefficient (Wildman–Crippen LogP) is -0.792. The summed E-state index contributed by atoms with van der Waals surface area (Å²) < 4.78 is 5.39. The van der Waals surface area contributed by atoms with E-state index in [1.54, 1.807) is 18.3 Å². The minimum atomic E-state index is -0.486. The van der Waals surface area contributed by atoms with Crippen molar-refractivity contribution in [3.8, 4) is 0 Å². The van der Waals surface area contributed by atoms with Crippen LogP contribution >= 0.6 is 0 Å². The second kappa shape index (κ2) is 7.59. The number of rotatable bonds is 4. The summed E-state index contributed by atoms with van der Waals surface area (Å²) in [5, 5.41) is 3.30.